The molecule has 0 aliphatic rings. The lowest BCUT2D eigenvalue weighted by Crippen LogP contribution is -2.31. The van der Waals surface area contributed by atoms with Gasteiger partial charge in [0.05, 0.1) is 4.34 Å². The highest BCUT2D eigenvalue weighted by atomic mass is 35.5. The van der Waals surface area contributed by atoms with Gasteiger partial charge in [-0.05, 0) is 38.1 Å². The summed E-state index contributed by atoms with van der Waals surface area (Å²) in [5.41, 5.74) is 1.35. The van der Waals surface area contributed by atoms with Crippen LogP contribution in [0.2, 0.25) is 4.34 Å². The van der Waals surface area contributed by atoms with Gasteiger partial charge in [0.15, 0.2) is 0 Å². The molecule has 1 N–H and O–H groups in total. The maximum absolute atomic E-state index is 12.3. The molecule has 2 rings (SSSR count). The second-order valence-corrected chi connectivity index (χ2v) is 6.27. The van der Waals surface area contributed by atoms with Crippen LogP contribution in [0.5, 0.6) is 0 Å². The molecule has 0 bridgehead atoms. The zero-order valence-electron chi connectivity index (χ0n) is 12.1. The topological polar surface area (TPSA) is 45.2 Å². The molecule has 0 aliphatic carbocycles. The van der Waals surface area contributed by atoms with Crippen LogP contribution in [-0.4, -0.2) is 28.9 Å². The highest BCUT2D eigenvalue weighted by Crippen LogP contribution is 2.22. The summed E-state index contributed by atoms with van der Waals surface area (Å²) in [6, 6.07) is 7.51. The molecule has 1 amide bonds. The van der Waals surface area contributed by atoms with Crippen LogP contribution in [0.4, 0.5) is 5.69 Å². The minimum atomic E-state index is -0.0391. The first-order valence-electron chi connectivity index (χ1n) is 6.87. The average molecular weight is 324 g/mol. The molecule has 0 radical (unpaired) electrons. The van der Waals surface area contributed by atoms with Gasteiger partial charge >= 0.3 is 0 Å². The van der Waals surface area contributed by atoms with Crippen molar-refractivity contribution in [1.29, 1.82) is 0 Å². The third kappa shape index (κ3) is 4.19. The normalized spacial score (nSPS) is 10.4. The fourth-order valence-corrected chi connectivity index (χ4v) is 2.99. The van der Waals surface area contributed by atoms with E-state index in [9.17, 15) is 4.79 Å². The second-order valence-electron chi connectivity index (χ2n) is 4.47. The van der Waals surface area contributed by atoms with Crippen molar-refractivity contribution in [2.24, 2.45) is 0 Å². The lowest BCUT2D eigenvalue weighted by Gasteiger charge is -2.18. The number of aromatic nitrogens is 1. The number of pyridine rings is 1. The number of rotatable bonds is 6. The zero-order valence-corrected chi connectivity index (χ0v) is 13.7. The Hall–Kier alpha value is -1.59. The Kier molecular flexibility index (Phi) is 5.59. The van der Waals surface area contributed by atoms with Gasteiger partial charge in [-0.3, -0.25) is 9.78 Å². The Bertz CT molecular complexity index is 610. The Morgan fingerprint density at radius 1 is 1.33 bits per heavy atom. The number of hydrogen-bond donors (Lipinski definition) is 1. The minimum absolute atomic E-state index is 0.0391. The van der Waals surface area contributed by atoms with Crippen molar-refractivity contribution in [3.63, 3.8) is 0 Å². The van der Waals surface area contributed by atoms with Gasteiger partial charge < -0.3 is 10.2 Å². The van der Waals surface area contributed by atoms with E-state index in [1.165, 1.54) is 0 Å². The van der Waals surface area contributed by atoms with Crippen LogP contribution in [0.25, 0.3) is 0 Å². The summed E-state index contributed by atoms with van der Waals surface area (Å²) < 4.78 is 0.777. The van der Waals surface area contributed by atoms with Gasteiger partial charge in [0.25, 0.3) is 5.91 Å². The summed E-state index contributed by atoms with van der Waals surface area (Å²) in [5.74, 6) is -0.0391. The van der Waals surface area contributed by atoms with Gasteiger partial charge in [0.2, 0.25) is 0 Å². The fraction of sp³-hybridized carbons (Fsp3) is 0.333. The van der Waals surface area contributed by atoms with E-state index in [0.717, 1.165) is 14.9 Å². The van der Waals surface area contributed by atoms with Crippen molar-refractivity contribution in [3.05, 3.63) is 45.4 Å². The van der Waals surface area contributed by atoms with E-state index in [2.05, 4.69) is 10.3 Å². The van der Waals surface area contributed by atoms with Crippen molar-refractivity contribution >= 4 is 34.5 Å². The summed E-state index contributed by atoms with van der Waals surface area (Å²) in [4.78, 5) is 19.3. The molecule has 2 aromatic heterocycles. The highest BCUT2D eigenvalue weighted by Gasteiger charge is 2.14. The number of halogens is 1. The standard InChI is InChI=1S/C15H18ClN3OS/c1-3-19(4-2)15(20)13-9-11(7-8-17-13)18-10-12-5-6-14(16)21-12/h5-9H,3-4,10H2,1-2H3,(H,17,18). The maximum Gasteiger partial charge on any atom is 0.272 e. The van der Waals surface area contributed by atoms with Crippen molar-refractivity contribution in [2.75, 3.05) is 18.4 Å². The molecule has 2 heterocycles. The highest BCUT2D eigenvalue weighted by molar-refractivity contribution is 7.16. The van der Waals surface area contributed by atoms with Gasteiger partial charge in [-0.1, -0.05) is 11.6 Å². The summed E-state index contributed by atoms with van der Waals surface area (Å²) in [5, 5.41) is 3.29. The molecule has 0 aromatic carbocycles. The number of anilines is 1. The second kappa shape index (κ2) is 7.43. The maximum atomic E-state index is 12.3. The predicted molar refractivity (Wildman–Crippen MR) is 88.1 cm³/mol. The Morgan fingerprint density at radius 2 is 2.10 bits per heavy atom. The molecule has 0 unspecified atom stereocenters. The molecule has 0 saturated carbocycles. The largest absolute Gasteiger partial charge is 0.380 e. The third-order valence-corrected chi connectivity index (χ3v) is 4.36. The van der Waals surface area contributed by atoms with E-state index in [-0.39, 0.29) is 5.91 Å². The van der Waals surface area contributed by atoms with E-state index in [1.807, 2.05) is 32.0 Å². The molecule has 0 spiro atoms. The van der Waals surface area contributed by atoms with Gasteiger partial charge in [-0.2, -0.15) is 0 Å². The van der Waals surface area contributed by atoms with Crippen LogP contribution in [0, 0.1) is 0 Å². The molecular weight excluding hydrogens is 306 g/mol. The number of nitrogens with one attached hydrogen (secondary N) is 1. The van der Waals surface area contributed by atoms with Crippen LogP contribution in [-0.2, 0) is 6.54 Å². The predicted octanol–water partition coefficient (Wildman–Crippen LogP) is 3.89. The Labute approximate surface area is 133 Å². The molecule has 6 heteroatoms. The Morgan fingerprint density at radius 3 is 2.71 bits per heavy atom. The lowest BCUT2D eigenvalue weighted by molar-refractivity contribution is 0.0767. The number of thiophene rings is 1. The van der Waals surface area contributed by atoms with Crippen molar-refractivity contribution < 1.29 is 4.79 Å². The van der Waals surface area contributed by atoms with Gasteiger partial charge in [-0.25, -0.2) is 0 Å². The van der Waals surface area contributed by atoms with E-state index in [1.54, 1.807) is 28.5 Å². The molecule has 0 atom stereocenters. The average Bonchev–Trinajstić information content (AvgIpc) is 2.92. The first kappa shape index (κ1) is 15.8. The summed E-state index contributed by atoms with van der Waals surface area (Å²) >= 11 is 7.45. The van der Waals surface area contributed by atoms with E-state index in [0.29, 0.717) is 25.3 Å². The van der Waals surface area contributed by atoms with Crippen LogP contribution in [0.15, 0.2) is 30.5 Å². The summed E-state index contributed by atoms with van der Waals surface area (Å²) in [7, 11) is 0. The summed E-state index contributed by atoms with van der Waals surface area (Å²) in [6.45, 7) is 5.97. The smallest absolute Gasteiger partial charge is 0.272 e. The first-order chi connectivity index (χ1) is 10.1. The fourth-order valence-electron chi connectivity index (χ4n) is 1.97. The third-order valence-electron chi connectivity index (χ3n) is 3.13. The monoisotopic (exact) mass is 323 g/mol. The lowest BCUT2D eigenvalue weighted by atomic mass is 10.2. The number of nitrogens with zero attached hydrogens (tertiary/aromatic N) is 2. The molecule has 0 saturated heterocycles. The zero-order chi connectivity index (χ0) is 15.2. The molecular formula is C15H18ClN3OS. The number of amides is 1. The summed E-state index contributed by atoms with van der Waals surface area (Å²) in [6.07, 6.45) is 1.65. The van der Waals surface area contributed by atoms with E-state index >= 15 is 0 Å². The minimum Gasteiger partial charge on any atom is -0.380 e. The van der Waals surface area contributed by atoms with Crippen LogP contribution in [0.3, 0.4) is 0 Å². The van der Waals surface area contributed by atoms with Crippen molar-refractivity contribution in [2.45, 2.75) is 20.4 Å². The Balaban J connectivity index is 2.05. The number of carbonyl (C=O) groups is 1. The molecule has 4 nitrogen and oxygen atoms in total. The van der Waals surface area contributed by atoms with Gasteiger partial charge in [0.1, 0.15) is 5.69 Å². The quantitative estimate of drug-likeness (QED) is 0.877. The first-order valence-corrected chi connectivity index (χ1v) is 8.07. The molecule has 0 fully saturated rings. The van der Waals surface area contributed by atoms with E-state index in [4.69, 9.17) is 11.6 Å². The molecule has 0 aliphatic heterocycles. The molecule has 112 valence electrons. The van der Waals surface area contributed by atoms with Gasteiger partial charge in [0, 0.05) is 36.4 Å². The van der Waals surface area contributed by atoms with E-state index < -0.39 is 0 Å². The van der Waals surface area contributed by atoms with Crippen LogP contribution < -0.4 is 5.32 Å². The van der Waals surface area contributed by atoms with Crippen molar-refractivity contribution in [3.8, 4) is 0 Å². The van der Waals surface area contributed by atoms with Crippen LogP contribution in [0.1, 0.15) is 29.2 Å². The molecule has 2 aromatic rings. The molecule has 21 heavy (non-hydrogen) atoms. The SMILES string of the molecule is CCN(CC)C(=O)c1cc(NCc2ccc(Cl)s2)ccn1. The number of carbonyl (C=O) groups excluding carboxylic acids is 1. The number of hydrogen-bond acceptors (Lipinski definition) is 4. The van der Waals surface area contributed by atoms with Crippen LogP contribution >= 0.6 is 22.9 Å². The van der Waals surface area contributed by atoms with Gasteiger partial charge in [-0.15, -0.1) is 11.3 Å². The van der Waals surface area contributed by atoms with Crippen molar-refractivity contribution in [1.82, 2.24) is 9.88 Å².